The largest absolute Gasteiger partial charge is 0.266 e. The summed E-state index contributed by atoms with van der Waals surface area (Å²) in [4.78, 5) is 9.21. The molecule has 0 unspecified atom stereocenters. The van der Waals surface area contributed by atoms with Crippen LogP contribution < -0.4 is 4.31 Å². The van der Waals surface area contributed by atoms with E-state index in [2.05, 4.69) is 11.1 Å². The molecule has 0 radical (unpaired) electrons. The molecule has 5 rings (SSSR count). The van der Waals surface area contributed by atoms with E-state index in [1.165, 1.54) is 4.31 Å². The van der Waals surface area contributed by atoms with E-state index in [1.54, 1.807) is 48.0 Å². The number of sulfonamides is 1. The van der Waals surface area contributed by atoms with Crippen molar-refractivity contribution in [1.82, 2.24) is 9.97 Å². The van der Waals surface area contributed by atoms with Gasteiger partial charge in [-0.2, -0.15) is 0 Å². The van der Waals surface area contributed by atoms with Gasteiger partial charge in [0.1, 0.15) is 5.01 Å². The van der Waals surface area contributed by atoms with Gasteiger partial charge in [-0.3, -0.25) is 9.29 Å². The van der Waals surface area contributed by atoms with Gasteiger partial charge in [-0.05, 0) is 48.4 Å². The van der Waals surface area contributed by atoms with Gasteiger partial charge in [0.25, 0.3) is 10.0 Å². The third-order valence-corrected chi connectivity index (χ3v) is 7.69. The summed E-state index contributed by atoms with van der Waals surface area (Å²) in [7, 11) is -3.55. The van der Waals surface area contributed by atoms with Gasteiger partial charge in [-0.25, -0.2) is 13.4 Å². The number of aromatic nitrogens is 2. The van der Waals surface area contributed by atoms with Crippen molar-refractivity contribution in [3.05, 3.63) is 84.0 Å². The minimum atomic E-state index is -3.55. The van der Waals surface area contributed by atoms with Crippen LogP contribution in [0, 0.1) is 0 Å². The van der Waals surface area contributed by atoms with Crippen LogP contribution in [0.2, 0.25) is 0 Å². The van der Waals surface area contributed by atoms with Crippen LogP contribution in [-0.4, -0.2) is 24.9 Å². The molecule has 0 bridgehead atoms. The van der Waals surface area contributed by atoms with E-state index in [0.29, 0.717) is 17.9 Å². The quantitative estimate of drug-likeness (QED) is 0.484. The normalized spacial score (nSPS) is 13.4. The number of fused-ring (bicyclic) bond motifs is 1. The Morgan fingerprint density at radius 3 is 2.62 bits per heavy atom. The highest BCUT2D eigenvalue weighted by molar-refractivity contribution is 7.92. The molecular formula is C22H17N3O2S2. The average Bonchev–Trinajstić information content (AvgIpc) is 3.42. The lowest BCUT2D eigenvalue weighted by molar-refractivity contribution is 0.592. The average molecular weight is 420 g/mol. The summed E-state index contributed by atoms with van der Waals surface area (Å²) in [6, 6.07) is 18.4. The smallest absolute Gasteiger partial charge is 0.264 e. The van der Waals surface area contributed by atoms with Crippen LogP contribution in [0.25, 0.3) is 21.8 Å². The van der Waals surface area contributed by atoms with Crippen LogP contribution in [0.15, 0.2) is 83.3 Å². The number of hydrogen-bond acceptors (Lipinski definition) is 5. The summed E-state index contributed by atoms with van der Waals surface area (Å²) in [5.74, 6) is 0. The van der Waals surface area contributed by atoms with Crippen LogP contribution in [-0.2, 0) is 16.4 Å². The van der Waals surface area contributed by atoms with Crippen LogP contribution in [0.3, 0.4) is 0 Å². The topological polar surface area (TPSA) is 63.2 Å². The standard InChI is InChI=1S/C22H17N3O2S2/c26-29(27,19-6-2-1-3-7-19)25-12-10-17-13-16(8-9-21(17)25)20-15-28-22(24-20)18-5-4-11-23-14-18/h1-9,11,13-15H,10,12H2. The first-order chi connectivity index (χ1) is 14.1. The van der Waals surface area contributed by atoms with Crippen molar-refractivity contribution in [3.8, 4) is 21.8 Å². The summed E-state index contributed by atoms with van der Waals surface area (Å²) in [6.07, 6.45) is 4.24. The fourth-order valence-electron chi connectivity index (χ4n) is 3.53. The first-order valence-corrected chi connectivity index (χ1v) is 11.5. The summed E-state index contributed by atoms with van der Waals surface area (Å²) < 4.78 is 27.5. The van der Waals surface area contributed by atoms with Crippen molar-refractivity contribution >= 4 is 27.0 Å². The molecule has 5 nitrogen and oxygen atoms in total. The Bertz CT molecular complexity index is 1270. The molecule has 29 heavy (non-hydrogen) atoms. The van der Waals surface area contributed by atoms with E-state index >= 15 is 0 Å². The van der Waals surface area contributed by atoms with Gasteiger partial charge in [0.2, 0.25) is 0 Å². The number of anilines is 1. The van der Waals surface area contributed by atoms with Crippen LogP contribution in [0.1, 0.15) is 5.56 Å². The highest BCUT2D eigenvalue weighted by atomic mass is 32.2. The van der Waals surface area contributed by atoms with Crippen molar-refractivity contribution in [2.45, 2.75) is 11.3 Å². The lowest BCUT2D eigenvalue weighted by Gasteiger charge is -2.19. The molecule has 0 N–H and O–H groups in total. The molecule has 0 atom stereocenters. The molecule has 7 heteroatoms. The second kappa shape index (κ2) is 7.09. The second-order valence-electron chi connectivity index (χ2n) is 6.76. The van der Waals surface area contributed by atoms with Crippen molar-refractivity contribution in [2.75, 3.05) is 10.8 Å². The van der Waals surface area contributed by atoms with Gasteiger partial charge in [-0.15, -0.1) is 11.3 Å². The highest BCUT2D eigenvalue weighted by Gasteiger charge is 2.31. The van der Waals surface area contributed by atoms with E-state index in [0.717, 1.165) is 33.1 Å². The van der Waals surface area contributed by atoms with E-state index in [1.807, 2.05) is 35.7 Å². The molecule has 0 amide bonds. The summed E-state index contributed by atoms with van der Waals surface area (Å²) in [6.45, 7) is 0.452. The lowest BCUT2D eigenvalue weighted by Crippen LogP contribution is -2.29. The van der Waals surface area contributed by atoms with E-state index in [-0.39, 0.29) is 0 Å². The van der Waals surface area contributed by atoms with E-state index < -0.39 is 10.0 Å². The first kappa shape index (κ1) is 18.0. The molecule has 4 aromatic rings. The predicted octanol–water partition coefficient (Wildman–Crippen LogP) is 4.62. The maximum atomic E-state index is 13.0. The Balaban J connectivity index is 1.47. The molecule has 3 heterocycles. The van der Waals surface area contributed by atoms with Gasteiger partial charge in [0.15, 0.2) is 0 Å². The number of nitrogens with zero attached hydrogens (tertiary/aromatic N) is 3. The second-order valence-corrected chi connectivity index (χ2v) is 9.48. The number of hydrogen-bond donors (Lipinski definition) is 0. The summed E-state index contributed by atoms with van der Waals surface area (Å²) >= 11 is 1.58. The minimum Gasteiger partial charge on any atom is -0.266 e. The number of thiazole rings is 1. The van der Waals surface area contributed by atoms with Gasteiger partial charge >= 0.3 is 0 Å². The molecule has 2 aromatic carbocycles. The van der Waals surface area contributed by atoms with Crippen LogP contribution in [0.4, 0.5) is 5.69 Å². The zero-order valence-electron chi connectivity index (χ0n) is 15.4. The number of pyridine rings is 1. The minimum absolute atomic E-state index is 0.317. The van der Waals surface area contributed by atoms with Gasteiger partial charge in [0.05, 0.1) is 16.3 Å². The zero-order chi connectivity index (χ0) is 19.8. The molecule has 0 aliphatic carbocycles. The number of rotatable bonds is 4. The molecule has 1 aliphatic rings. The highest BCUT2D eigenvalue weighted by Crippen LogP contribution is 2.36. The zero-order valence-corrected chi connectivity index (χ0v) is 17.0. The van der Waals surface area contributed by atoms with Gasteiger partial charge in [0, 0.05) is 35.4 Å². The van der Waals surface area contributed by atoms with E-state index in [9.17, 15) is 8.42 Å². The molecule has 1 aliphatic heterocycles. The molecular weight excluding hydrogens is 402 g/mol. The number of benzene rings is 2. The monoisotopic (exact) mass is 419 g/mol. The van der Waals surface area contributed by atoms with Crippen molar-refractivity contribution in [1.29, 1.82) is 0 Å². The van der Waals surface area contributed by atoms with Crippen molar-refractivity contribution < 1.29 is 8.42 Å². The van der Waals surface area contributed by atoms with Crippen molar-refractivity contribution in [3.63, 3.8) is 0 Å². The SMILES string of the molecule is O=S(=O)(c1ccccc1)N1CCc2cc(-c3csc(-c4cccnc4)n3)ccc21. The van der Waals surface area contributed by atoms with Gasteiger partial charge < -0.3 is 0 Å². The Hall–Kier alpha value is -3.03. The molecule has 0 spiro atoms. The Morgan fingerprint density at radius 1 is 0.966 bits per heavy atom. The maximum Gasteiger partial charge on any atom is 0.264 e. The molecule has 0 saturated carbocycles. The molecule has 144 valence electrons. The van der Waals surface area contributed by atoms with Gasteiger partial charge in [-0.1, -0.05) is 24.3 Å². The van der Waals surface area contributed by atoms with Crippen LogP contribution >= 0.6 is 11.3 Å². The third kappa shape index (κ3) is 3.22. The Kier molecular flexibility index (Phi) is 4.41. The molecule has 0 saturated heterocycles. The van der Waals surface area contributed by atoms with E-state index in [4.69, 9.17) is 4.98 Å². The fraction of sp³-hybridized carbons (Fsp3) is 0.0909. The molecule has 2 aromatic heterocycles. The first-order valence-electron chi connectivity index (χ1n) is 9.20. The summed E-state index contributed by atoms with van der Waals surface area (Å²) in [5.41, 5.74) is 4.65. The van der Waals surface area contributed by atoms with Crippen molar-refractivity contribution in [2.24, 2.45) is 0 Å². The predicted molar refractivity (Wildman–Crippen MR) is 115 cm³/mol. The summed E-state index contributed by atoms with van der Waals surface area (Å²) in [5, 5.41) is 2.94. The molecule has 0 fully saturated rings. The van der Waals surface area contributed by atoms with Crippen LogP contribution in [0.5, 0.6) is 0 Å². The Labute approximate surface area is 173 Å². The Morgan fingerprint density at radius 2 is 1.83 bits per heavy atom. The lowest BCUT2D eigenvalue weighted by atomic mass is 10.1. The maximum absolute atomic E-state index is 13.0. The fourth-order valence-corrected chi connectivity index (χ4v) is 5.87. The third-order valence-electron chi connectivity index (χ3n) is 4.97.